The number of carboxylic acids is 3. The van der Waals surface area contributed by atoms with Crippen LogP contribution in [0.4, 0.5) is 5.69 Å². The average molecular weight is 442 g/mol. The Labute approximate surface area is 183 Å². The topological polar surface area (TPSA) is 161 Å². The molecule has 1 heterocycles. The summed E-state index contributed by atoms with van der Waals surface area (Å²) in [5.74, 6) is -5.05. The number of carbonyl (C=O) groups is 5. The molecule has 1 aliphatic rings. The third-order valence-corrected chi connectivity index (χ3v) is 4.65. The number of hydrogen-bond donors (Lipinski definition) is 4. The summed E-state index contributed by atoms with van der Waals surface area (Å²) in [6, 6.07) is 12.0. The van der Waals surface area contributed by atoms with Crippen molar-refractivity contribution in [3.63, 3.8) is 0 Å². The van der Waals surface area contributed by atoms with Crippen LogP contribution in [0.25, 0.3) is 0 Å². The Bertz CT molecular complexity index is 1040. The first-order valence-electron chi connectivity index (χ1n) is 9.70. The summed E-state index contributed by atoms with van der Waals surface area (Å²) < 4.78 is 0. The van der Waals surface area contributed by atoms with E-state index in [1.54, 1.807) is 12.1 Å². The monoisotopic (exact) mass is 442 g/mol. The second-order valence-electron chi connectivity index (χ2n) is 6.86. The fraction of sp³-hybridized carbons (Fsp3) is 0.227. The summed E-state index contributed by atoms with van der Waals surface area (Å²) in [5.41, 5.74) is 2.09. The molecule has 10 nitrogen and oxygen atoms in total. The molecular formula is C22H22N2O8. The number of anilines is 1. The van der Waals surface area contributed by atoms with Crippen molar-refractivity contribution in [2.24, 2.45) is 5.92 Å². The normalized spacial score (nSPS) is 14.9. The second kappa shape index (κ2) is 10.7. The summed E-state index contributed by atoms with van der Waals surface area (Å²) in [7, 11) is 0. The van der Waals surface area contributed by atoms with Crippen LogP contribution >= 0.6 is 0 Å². The molecule has 1 atom stereocenters. The van der Waals surface area contributed by atoms with Gasteiger partial charge in [0, 0.05) is 0 Å². The zero-order valence-electron chi connectivity index (χ0n) is 17.1. The van der Waals surface area contributed by atoms with Crippen molar-refractivity contribution < 1.29 is 39.3 Å². The Kier molecular flexibility index (Phi) is 8.05. The molecule has 0 spiro atoms. The molecule has 0 aromatic heterocycles. The van der Waals surface area contributed by atoms with E-state index in [4.69, 9.17) is 15.3 Å². The Morgan fingerprint density at radius 3 is 2.06 bits per heavy atom. The molecule has 32 heavy (non-hydrogen) atoms. The lowest BCUT2D eigenvalue weighted by molar-refractivity contribution is -0.127. The Morgan fingerprint density at radius 2 is 1.53 bits per heavy atom. The third-order valence-electron chi connectivity index (χ3n) is 4.65. The predicted octanol–water partition coefficient (Wildman–Crippen LogP) is 2.65. The van der Waals surface area contributed by atoms with Crippen molar-refractivity contribution in [2.75, 3.05) is 5.01 Å². The molecule has 1 aliphatic heterocycles. The number of unbranched alkanes of at least 4 members (excludes halogenated alkanes) is 1. The van der Waals surface area contributed by atoms with E-state index in [9.17, 15) is 24.0 Å². The SMILES string of the molecule is CCCCC1C(=O)NN(c2ccccc2)C1=O.O=C(O)c1ccc(C(=O)O)c(C(=O)O)c1. The Morgan fingerprint density at radius 1 is 0.906 bits per heavy atom. The van der Waals surface area contributed by atoms with E-state index in [2.05, 4.69) is 5.43 Å². The number of aromatic carboxylic acids is 3. The number of benzene rings is 2. The average Bonchev–Trinajstić information content (AvgIpc) is 3.06. The number of para-hydroxylation sites is 1. The van der Waals surface area contributed by atoms with E-state index in [0.717, 1.165) is 31.0 Å². The van der Waals surface area contributed by atoms with Crippen molar-refractivity contribution >= 4 is 35.4 Å². The van der Waals surface area contributed by atoms with Gasteiger partial charge in [-0.3, -0.25) is 15.0 Å². The lowest BCUT2D eigenvalue weighted by Crippen LogP contribution is -2.35. The largest absolute Gasteiger partial charge is 0.478 e. The van der Waals surface area contributed by atoms with Crippen LogP contribution in [0.3, 0.4) is 0 Å². The molecule has 1 fully saturated rings. The molecule has 0 saturated carbocycles. The number of nitrogens with zero attached hydrogens (tertiary/aromatic N) is 1. The first-order valence-corrected chi connectivity index (χ1v) is 9.70. The van der Waals surface area contributed by atoms with E-state index < -0.39 is 35.0 Å². The molecule has 168 valence electrons. The molecule has 10 heteroatoms. The van der Waals surface area contributed by atoms with Gasteiger partial charge in [-0.1, -0.05) is 38.0 Å². The van der Waals surface area contributed by atoms with E-state index in [-0.39, 0.29) is 17.4 Å². The number of hydrogen-bond acceptors (Lipinski definition) is 5. The molecule has 4 N–H and O–H groups in total. The van der Waals surface area contributed by atoms with Gasteiger partial charge in [-0.25, -0.2) is 19.4 Å². The quantitative estimate of drug-likeness (QED) is 0.476. The molecule has 1 unspecified atom stereocenters. The van der Waals surface area contributed by atoms with Crippen LogP contribution in [0.1, 0.15) is 57.3 Å². The number of amides is 2. The fourth-order valence-electron chi connectivity index (χ4n) is 2.98. The van der Waals surface area contributed by atoms with Crippen LogP contribution in [0.2, 0.25) is 0 Å². The molecular weight excluding hydrogens is 420 g/mol. The maximum Gasteiger partial charge on any atom is 0.336 e. The van der Waals surface area contributed by atoms with E-state index in [1.807, 2.05) is 25.1 Å². The lowest BCUT2D eigenvalue weighted by Gasteiger charge is -2.14. The molecule has 2 aromatic rings. The summed E-state index contributed by atoms with van der Waals surface area (Å²) >= 11 is 0. The van der Waals surface area contributed by atoms with Crippen molar-refractivity contribution in [1.82, 2.24) is 5.43 Å². The van der Waals surface area contributed by atoms with Crippen molar-refractivity contribution in [2.45, 2.75) is 26.2 Å². The number of nitrogens with one attached hydrogen (secondary N) is 1. The van der Waals surface area contributed by atoms with Crippen LogP contribution in [-0.2, 0) is 9.59 Å². The van der Waals surface area contributed by atoms with Crippen LogP contribution in [-0.4, -0.2) is 45.0 Å². The molecule has 2 aromatic carbocycles. The van der Waals surface area contributed by atoms with Gasteiger partial charge in [0.25, 0.3) is 11.8 Å². The van der Waals surface area contributed by atoms with Crippen LogP contribution < -0.4 is 10.4 Å². The van der Waals surface area contributed by atoms with Gasteiger partial charge >= 0.3 is 17.9 Å². The van der Waals surface area contributed by atoms with Gasteiger partial charge in [-0.15, -0.1) is 0 Å². The highest BCUT2D eigenvalue weighted by molar-refractivity contribution is 6.14. The highest BCUT2D eigenvalue weighted by atomic mass is 16.4. The molecule has 0 radical (unpaired) electrons. The van der Waals surface area contributed by atoms with Gasteiger partial charge in [0.05, 0.1) is 22.4 Å². The minimum Gasteiger partial charge on any atom is -0.478 e. The third kappa shape index (κ3) is 5.69. The smallest absolute Gasteiger partial charge is 0.336 e. The predicted molar refractivity (Wildman–Crippen MR) is 112 cm³/mol. The zero-order chi connectivity index (χ0) is 23.8. The molecule has 2 amide bonds. The minimum absolute atomic E-state index is 0.144. The number of carboxylic acid groups (broad SMARTS) is 3. The van der Waals surface area contributed by atoms with Gasteiger partial charge < -0.3 is 15.3 Å². The number of hydrazine groups is 1. The van der Waals surface area contributed by atoms with Gasteiger partial charge in [0.15, 0.2) is 0 Å². The molecule has 0 aliphatic carbocycles. The Hall–Kier alpha value is -4.21. The Balaban J connectivity index is 0.000000229. The maximum absolute atomic E-state index is 12.1. The second-order valence-corrected chi connectivity index (χ2v) is 6.86. The first-order chi connectivity index (χ1) is 15.2. The highest BCUT2D eigenvalue weighted by Crippen LogP contribution is 2.22. The van der Waals surface area contributed by atoms with Crippen molar-refractivity contribution in [3.8, 4) is 0 Å². The standard InChI is InChI=1S/C13H16N2O2.C9H6O6/c1-2-3-9-11-12(16)14-15(13(11)17)10-7-5-4-6-8-10;10-7(11)4-1-2-5(8(12)13)6(3-4)9(14)15/h4-8,11H,2-3,9H2,1H3,(H,14,16);1-3H,(H,10,11)(H,12,13)(H,14,15). The summed E-state index contributed by atoms with van der Waals surface area (Å²) in [5, 5.41) is 27.2. The van der Waals surface area contributed by atoms with Crippen molar-refractivity contribution in [1.29, 1.82) is 0 Å². The number of rotatable bonds is 7. The van der Waals surface area contributed by atoms with E-state index >= 15 is 0 Å². The van der Waals surface area contributed by atoms with Crippen molar-refractivity contribution in [3.05, 3.63) is 65.2 Å². The van der Waals surface area contributed by atoms with Gasteiger partial charge in [0.2, 0.25) is 0 Å². The van der Waals surface area contributed by atoms with E-state index in [0.29, 0.717) is 12.1 Å². The van der Waals surface area contributed by atoms with Crippen LogP contribution in [0.5, 0.6) is 0 Å². The summed E-state index contributed by atoms with van der Waals surface area (Å²) in [4.78, 5) is 55.5. The lowest BCUT2D eigenvalue weighted by atomic mass is 10.0. The molecule has 3 rings (SSSR count). The molecule has 0 bridgehead atoms. The fourth-order valence-corrected chi connectivity index (χ4v) is 2.98. The highest BCUT2D eigenvalue weighted by Gasteiger charge is 2.39. The van der Waals surface area contributed by atoms with Gasteiger partial charge in [0.1, 0.15) is 5.92 Å². The minimum atomic E-state index is -1.48. The zero-order valence-corrected chi connectivity index (χ0v) is 17.1. The number of carbonyl (C=O) groups excluding carboxylic acids is 2. The van der Waals surface area contributed by atoms with Gasteiger partial charge in [-0.05, 0) is 36.8 Å². The maximum atomic E-state index is 12.1. The van der Waals surface area contributed by atoms with Crippen LogP contribution in [0, 0.1) is 5.92 Å². The molecule has 1 saturated heterocycles. The van der Waals surface area contributed by atoms with Gasteiger partial charge in [-0.2, -0.15) is 0 Å². The van der Waals surface area contributed by atoms with Crippen LogP contribution in [0.15, 0.2) is 48.5 Å². The summed E-state index contributed by atoms with van der Waals surface area (Å²) in [6.07, 6.45) is 2.51. The summed E-state index contributed by atoms with van der Waals surface area (Å²) in [6.45, 7) is 2.05. The first kappa shape index (κ1) is 24.1. The van der Waals surface area contributed by atoms with E-state index in [1.165, 1.54) is 5.01 Å².